The molecular weight excluding hydrogens is 478 g/mol. The summed E-state index contributed by atoms with van der Waals surface area (Å²) in [7, 11) is -3.75. The Morgan fingerprint density at radius 2 is 1.73 bits per heavy atom. The zero-order valence-corrected chi connectivity index (χ0v) is 23.1. The molecular formula is C32H39NO3S. The van der Waals surface area contributed by atoms with E-state index < -0.39 is 10.1 Å². The van der Waals surface area contributed by atoms with Gasteiger partial charge in [0.25, 0.3) is 10.1 Å². The summed E-state index contributed by atoms with van der Waals surface area (Å²) in [4.78, 5) is 4.83. The third-order valence-corrected chi connectivity index (χ3v) is 11.9. The molecule has 0 bridgehead atoms. The van der Waals surface area contributed by atoms with E-state index in [2.05, 4.69) is 43.1 Å². The van der Waals surface area contributed by atoms with Crippen molar-refractivity contribution in [2.24, 2.45) is 28.6 Å². The van der Waals surface area contributed by atoms with Crippen molar-refractivity contribution < 1.29 is 12.6 Å². The second kappa shape index (κ2) is 9.20. The Balaban J connectivity index is 1.20. The van der Waals surface area contributed by atoms with E-state index in [1.54, 1.807) is 17.7 Å². The van der Waals surface area contributed by atoms with Crippen LogP contribution < -0.4 is 0 Å². The number of nitrogens with zero attached hydrogens (tertiary/aromatic N) is 1. The maximum atomic E-state index is 13.0. The van der Waals surface area contributed by atoms with Gasteiger partial charge in [0.15, 0.2) is 0 Å². The van der Waals surface area contributed by atoms with E-state index >= 15 is 0 Å². The highest BCUT2D eigenvalue weighted by Gasteiger charge is 2.57. The van der Waals surface area contributed by atoms with Crippen molar-refractivity contribution in [3.05, 3.63) is 77.1 Å². The number of aromatic nitrogens is 1. The first kappa shape index (κ1) is 25.1. The fourth-order valence-electron chi connectivity index (χ4n) is 8.37. The van der Waals surface area contributed by atoms with Crippen LogP contribution in [-0.2, 0) is 14.3 Å². The van der Waals surface area contributed by atoms with Gasteiger partial charge in [-0.05, 0) is 117 Å². The third kappa shape index (κ3) is 4.32. The van der Waals surface area contributed by atoms with E-state index in [0.29, 0.717) is 17.8 Å². The largest absolute Gasteiger partial charge is 0.297 e. The number of pyridine rings is 1. The third-order valence-electron chi connectivity index (χ3n) is 10.5. The molecule has 4 aliphatic rings. The first-order chi connectivity index (χ1) is 17.7. The monoisotopic (exact) mass is 517 g/mol. The minimum atomic E-state index is -3.75. The van der Waals surface area contributed by atoms with Gasteiger partial charge < -0.3 is 0 Å². The summed E-state index contributed by atoms with van der Waals surface area (Å²) in [5, 5.41) is 0. The summed E-state index contributed by atoms with van der Waals surface area (Å²) in [5.74, 6) is 2.09. The fourth-order valence-corrected chi connectivity index (χ4v) is 9.48. The van der Waals surface area contributed by atoms with E-state index in [1.165, 1.54) is 31.3 Å². The molecule has 1 heterocycles. The second-order valence-corrected chi connectivity index (χ2v) is 14.0. The quantitative estimate of drug-likeness (QED) is 0.311. The maximum Gasteiger partial charge on any atom is 0.297 e. The van der Waals surface area contributed by atoms with E-state index in [1.807, 2.05) is 31.3 Å². The predicted molar refractivity (Wildman–Crippen MR) is 147 cm³/mol. The zero-order valence-electron chi connectivity index (χ0n) is 22.3. The molecule has 0 saturated heterocycles. The molecule has 3 saturated carbocycles. The molecule has 37 heavy (non-hydrogen) atoms. The van der Waals surface area contributed by atoms with Crippen LogP contribution in [0.25, 0.3) is 6.08 Å². The molecule has 6 rings (SSSR count). The van der Waals surface area contributed by atoms with Gasteiger partial charge in [0.05, 0.1) is 16.7 Å². The van der Waals surface area contributed by atoms with Crippen LogP contribution in [0.4, 0.5) is 0 Å². The van der Waals surface area contributed by atoms with E-state index in [4.69, 9.17) is 4.18 Å². The zero-order chi connectivity index (χ0) is 25.8. The van der Waals surface area contributed by atoms with Crippen LogP contribution >= 0.6 is 0 Å². The van der Waals surface area contributed by atoms with Gasteiger partial charge in [-0.3, -0.25) is 9.17 Å². The molecule has 3 fully saturated rings. The molecule has 0 radical (unpaired) electrons. The lowest BCUT2D eigenvalue weighted by Crippen LogP contribution is -2.49. The van der Waals surface area contributed by atoms with E-state index in [9.17, 15) is 8.42 Å². The summed E-state index contributed by atoms with van der Waals surface area (Å²) in [6.45, 7) is 6.93. The molecule has 4 aliphatic carbocycles. The summed E-state index contributed by atoms with van der Waals surface area (Å²) >= 11 is 0. The Kier molecular flexibility index (Phi) is 6.23. The second-order valence-electron chi connectivity index (χ2n) is 12.4. The van der Waals surface area contributed by atoms with Crippen molar-refractivity contribution >= 4 is 16.2 Å². The Morgan fingerprint density at radius 1 is 0.973 bits per heavy atom. The Bertz CT molecular complexity index is 1330. The minimum Gasteiger partial charge on any atom is -0.263 e. The molecule has 2 aromatic rings. The Hall–Kier alpha value is -2.24. The lowest BCUT2D eigenvalue weighted by Gasteiger charge is -2.57. The summed E-state index contributed by atoms with van der Waals surface area (Å²) in [6.07, 6.45) is 15.1. The van der Waals surface area contributed by atoms with Crippen molar-refractivity contribution in [3.8, 4) is 0 Å². The fraction of sp³-hybridized carbons (Fsp3) is 0.531. The topological polar surface area (TPSA) is 56.3 Å². The lowest BCUT2D eigenvalue weighted by molar-refractivity contribution is -0.0235. The minimum absolute atomic E-state index is 0.158. The van der Waals surface area contributed by atoms with Gasteiger partial charge in [-0.1, -0.05) is 54.8 Å². The first-order valence-electron chi connectivity index (χ1n) is 14.0. The van der Waals surface area contributed by atoms with Crippen LogP contribution in [-0.4, -0.2) is 19.5 Å². The van der Waals surface area contributed by atoms with Crippen molar-refractivity contribution in [2.75, 3.05) is 0 Å². The van der Waals surface area contributed by atoms with Gasteiger partial charge in [-0.25, -0.2) is 0 Å². The van der Waals surface area contributed by atoms with Gasteiger partial charge in [-0.15, -0.1) is 0 Å². The number of hydrogen-bond donors (Lipinski definition) is 0. The van der Waals surface area contributed by atoms with Crippen LogP contribution in [0, 0.1) is 35.5 Å². The molecule has 0 amide bonds. The predicted octanol–water partition coefficient (Wildman–Crippen LogP) is 7.51. The summed E-state index contributed by atoms with van der Waals surface area (Å²) < 4.78 is 31.7. The maximum absolute atomic E-state index is 13.0. The van der Waals surface area contributed by atoms with Gasteiger partial charge in [-0.2, -0.15) is 8.42 Å². The number of allylic oxidation sites excluding steroid dienone is 2. The van der Waals surface area contributed by atoms with Gasteiger partial charge in [0.1, 0.15) is 0 Å². The van der Waals surface area contributed by atoms with Crippen LogP contribution in [0.15, 0.2) is 70.8 Å². The first-order valence-corrected chi connectivity index (χ1v) is 15.4. The van der Waals surface area contributed by atoms with Gasteiger partial charge >= 0.3 is 0 Å². The molecule has 0 unspecified atom stereocenters. The average Bonchev–Trinajstić information content (AvgIpc) is 3.21. The Labute approximate surface area is 222 Å². The Morgan fingerprint density at radius 3 is 2.49 bits per heavy atom. The number of benzene rings is 1. The van der Waals surface area contributed by atoms with Crippen molar-refractivity contribution in [1.29, 1.82) is 0 Å². The van der Waals surface area contributed by atoms with Crippen LogP contribution in [0.2, 0.25) is 0 Å². The van der Waals surface area contributed by atoms with Crippen molar-refractivity contribution in [1.82, 2.24) is 4.98 Å². The smallest absolute Gasteiger partial charge is 0.263 e. The highest BCUT2D eigenvalue weighted by Crippen LogP contribution is 2.66. The molecule has 1 aromatic carbocycles. The molecule has 5 heteroatoms. The summed E-state index contributed by atoms with van der Waals surface area (Å²) in [6, 6.07) is 13.1. The number of rotatable bonds is 4. The van der Waals surface area contributed by atoms with E-state index in [-0.39, 0.29) is 21.8 Å². The average molecular weight is 518 g/mol. The number of hydrogen-bond acceptors (Lipinski definition) is 4. The molecule has 0 spiro atoms. The lowest BCUT2D eigenvalue weighted by atomic mass is 9.48. The van der Waals surface area contributed by atoms with Gasteiger partial charge in [0.2, 0.25) is 0 Å². The van der Waals surface area contributed by atoms with E-state index in [0.717, 1.165) is 36.9 Å². The SMILES string of the molecule is Cc1ccc(S(=O)(=O)O[C@H]2CC[C@@]3(C)C(=CC[C@@H]4[C@@H]3CC[C@]3(C)/C(=C/c5ccccn5)CC[C@@H]43)C2)cc1. The number of fused-ring (bicyclic) bond motifs is 5. The van der Waals surface area contributed by atoms with Crippen LogP contribution in [0.3, 0.4) is 0 Å². The molecule has 0 aliphatic heterocycles. The standard InChI is InChI=1S/C32H39NO3S/c1-22-7-11-27(12-8-22)37(34,35)36-26-15-17-31(2)24(21-26)9-13-28-29-14-10-23(20-25-6-4-5-19-33-25)32(29,3)18-16-30(28)31/h4-9,11-12,19-20,26,28-30H,10,13-18,21H2,1-3H3/b23-20+/t26-,28-,29-,30-,31-,32+/m0/s1. The molecule has 0 N–H and O–H groups in total. The molecule has 196 valence electrons. The molecule has 4 nitrogen and oxygen atoms in total. The van der Waals surface area contributed by atoms with Crippen molar-refractivity contribution in [2.45, 2.75) is 83.1 Å². The number of aryl methyl sites for hydroxylation is 1. The van der Waals surface area contributed by atoms with Crippen LogP contribution in [0.5, 0.6) is 0 Å². The highest BCUT2D eigenvalue weighted by molar-refractivity contribution is 7.86. The normalized spacial score (nSPS) is 36.4. The van der Waals surface area contributed by atoms with Gasteiger partial charge in [0, 0.05) is 6.20 Å². The van der Waals surface area contributed by atoms with Crippen LogP contribution in [0.1, 0.15) is 76.5 Å². The molecule has 1 aromatic heterocycles. The van der Waals surface area contributed by atoms with Crippen molar-refractivity contribution in [3.63, 3.8) is 0 Å². The molecule has 6 atom stereocenters. The summed E-state index contributed by atoms with van der Waals surface area (Å²) in [5.41, 5.74) is 5.58. The highest BCUT2D eigenvalue weighted by atomic mass is 32.2.